The van der Waals surface area contributed by atoms with Gasteiger partial charge in [0.2, 0.25) is 12.2 Å². The molecule has 0 unspecified atom stereocenters. The first-order valence-corrected chi connectivity index (χ1v) is 8.97. The van der Waals surface area contributed by atoms with Crippen molar-refractivity contribution in [2.75, 3.05) is 33.8 Å². The molecule has 0 atom stereocenters. The van der Waals surface area contributed by atoms with Crippen LogP contribution in [0.25, 0.3) is 0 Å². The summed E-state index contributed by atoms with van der Waals surface area (Å²) in [6.07, 6.45) is 6.81. The fourth-order valence-corrected chi connectivity index (χ4v) is 2.17. The number of rotatable bonds is 6. The van der Waals surface area contributed by atoms with E-state index in [1.54, 1.807) is 45.9 Å². The molecule has 2 aromatic heterocycles. The van der Waals surface area contributed by atoms with Gasteiger partial charge in [0, 0.05) is 32.7 Å². The molecule has 0 spiro atoms. The third kappa shape index (κ3) is 6.69. The molecule has 0 bridgehead atoms. The van der Waals surface area contributed by atoms with E-state index in [0.29, 0.717) is 5.88 Å². The van der Waals surface area contributed by atoms with Crippen molar-refractivity contribution in [1.29, 1.82) is 0 Å². The Morgan fingerprint density at radius 3 is 1.96 bits per heavy atom. The standard InChI is InChI=1S/C8H12N2O2S.C6H8N2OS/c1-11-7(12-2)6-4-5-9-8(10-6)13-3;1-9-5-3-4-7-6(8-5)10-2/h4-5,7H,1-3H3;3-4H,1-2H3. The van der Waals surface area contributed by atoms with Crippen molar-refractivity contribution in [3.05, 3.63) is 30.2 Å². The highest BCUT2D eigenvalue weighted by Gasteiger charge is 2.10. The van der Waals surface area contributed by atoms with Crippen LogP contribution in [0.4, 0.5) is 0 Å². The summed E-state index contributed by atoms with van der Waals surface area (Å²) in [5, 5.41) is 1.45. The van der Waals surface area contributed by atoms with E-state index in [4.69, 9.17) is 14.2 Å². The van der Waals surface area contributed by atoms with Gasteiger partial charge in [-0.2, -0.15) is 4.98 Å². The predicted molar refractivity (Wildman–Crippen MR) is 90.9 cm³/mol. The maximum Gasteiger partial charge on any atom is 0.216 e. The van der Waals surface area contributed by atoms with Gasteiger partial charge in [0.15, 0.2) is 10.3 Å². The molecule has 23 heavy (non-hydrogen) atoms. The Hall–Kier alpha value is -1.42. The largest absolute Gasteiger partial charge is 0.481 e. The van der Waals surface area contributed by atoms with Gasteiger partial charge in [-0.05, 0) is 18.6 Å². The molecular formula is C14H20N4O3S2. The Balaban J connectivity index is 0.000000238. The lowest BCUT2D eigenvalue weighted by Crippen LogP contribution is -2.06. The summed E-state index contributed by atoms with van der Waals surface area (Å²) in [6.45, 7) is 0. The normalized spacial score (nSPS) is 10.2. The zero-order valence-electron chi connectivity index (χ0n) is 13.7. The highest BCUT2D eigenvalue weighted by Crippen LogP contribution is 2.16. The number of hydrogen-bond acceptors (Lipinski definition) is 9. The monoisotopic (exact) mass is 356 g/mol. The SMILES string of the molecule is COC(OC)c1ccnc(SC)n1.COc1ccnc(SC)n1. The van der Waals surface area contributed by atoms with Crippen molar-refractivity contribution in [1.82, 2.24) is 19.9 Å². The number of nitrogens with zero attached hydrogens (tertiary/aromatic N) is 4. The summed E-state index contributed by atoms with van der Waals surface area (Å²) in [7, 11) is 4.75. The number of aromatic nitrogens is 4. The van der Waals surface area contributed by atoms with Crippen LogP contribution in [0.15, 0.2) is 34.8 Å². The first kappa shape index (κ1) is 19.6. The highest BCUT2D eigenvalue weighted by atomic mass is 32.2. The van der Waals surface area contributed by atoms with Crippen LogP contribution in [0.3, 0.4) is 0 Å². The number of ether oxygens (including phenoxy) is 3. The third-order valence-electron chi connectivity index (χ3n) is 2.51. The quantitative estimate of drug-likeness (QED) is 0.441. The minimum absolute atomic E-state index is 0.408. The van der Waals surface area contributed by atoms with Gasteiger partial charge in [-0.3, -0.25) is 0 Å². The van der Waals surface area contributed by atoms with Gasteiger partial charge in [0.25, 0.3) is 0 Å². The van der Waals surface area contributed by atoms with Gasteiger partial charge in [-0.1, -0.05) is 23.5 Å². The number of methoxy groups -OCH3 is 3. The van der Waals surface area contributed by atoms with Crippen molar-refractivity contribution in [3.8, 4) is 5.88 Å². The first-order chi connectivity index (χ1) is 11.2. The van der Waals surface area contributed by atoms with Gasteiger partial charge in [-0.25, -0.2) is 15.0 Å². The molecule has 2 rings (SSSR count). The van der Waals surface area contributed by atoms with Crippen LogP contribution in [0.1, 0.15) is 12.0 Å². The average molecular weight is 356 g/mol. The number of hydrogen-bond donors (Lipinski definition) is 0. The van der Waals surface area contributed by atoms with Gasteiger partial charge < -0.3 is 14.2 Å². The Morgan fingerprint density at radius 1 is 0.870 bits per heavy atom. The fourth-order valence-electron chi connectivity index (χ4n) is 1.46. The summed E-state index contributed by atoms with van der Waals surface area (Å²) in [6, 6.07) is 3.50. The van der Waals surface area contributed by atoms with Crippen LogP contribution >= 0.6 is 23.5 Å². The molecule has 0 N–H and O–H groups in total. The van der Waals surface area contributed by atoms with Crippen molar-refractivity contribution >= 4 is 23.5 Å². The lowest BCUT2D eigenvalue weighted by molar-refractivity contribution is -0.109. The molecule has 0 amide bonds. The predicted octanol–water partition coefficient (Wildman–Crippen LogP) is 2.70. The van der Waals surface area contributed by atoms with Crippen LogP contribution in [0.5, 0.6) is 5.88 Å². The Labute approximate surface area is 144 Å². The van der Waals surface area contributed by atoms with Gasteiger partial charge in [-0.15, -0.1) is 0 Å². The summed E-state index contributed by atoms with van der Waals surface area (Å²) in [5.41, 5.74) is 0.740. The van der Waals surface area contributed by atoms with E-state index in [2.05, 4.69) is 19.9 Å². The van der Waals surface area contributed by atoms with Crippen molar-refractivity contribution in [3.63, 3.8) is 0 Å². The molecule has 2 heterocycles. The van der Waals surface area contributed by atoms with E-state index >= 15 is 0 Å². The third-order valence-corrected chi connectivity index (χ3v) is 3.63. The molecule has 7 nitrogen and oxygen atoms in total. The van der Waals surface area contributed by atoms with Gasteiger partial charge in [0.1, 0.15) is 5.69 Å². The van der Waals surface area contributed by atoms with Gasteiger partial charge >= 0.3 is 0 Å². The Morgan fingerprint density at radius 2 is 1.43 bits per heavy atom. The molecule has 0 radical (unpaired) electrons. The van der Waals surface area contributed by atoms with E-state index in [1.807, 2.05) is 12.5 Å². The van der Waals surface area contributed by atoms with E-state index in [-0.39, 0.29) is 0 Å². The maximum absolute atomic E-state index is 5.06. The lowest BCUT2D eigenvalue weighted by Gasteiger charge is -2.12. The second kappa shape index (κ2) is 11.2. The van der Waals surface area contributed by atoms with E-state index < -0.39 is 6.29 Å². The van der Waals surface area contributed by atoms with E-state index in [1.165, 1.54) is 23.5 Å². The average Bonchev–Trinajstić information content (AvgIpc) is 2.63. The zero-order chi connectivity index (χ0) is 17.1. The molecule has 0 aliphatic heterocycles. The topological polar surface area (TPSA) is 79.2 Å². The minimum atomic E-state index is -0.408. The van der Waals surface area contributed by atoms with Crippen LogP contribution in [0.2, 0.25) is 0 Å². The Kier molecular flexibility index (Phi) is 9.53. The summed E-state index contributed by atoms with van der Waals surface area (Å²) < 4.78 is 15.0. The van der Waals surface area contributed by atoms with Crippen LogP contribution in [-0.4, -0.2) is 53.8 Å². The molecular weight excluding hydrogens is 336 g/mol. The molecule has 2 aromatic rings. The molecule has 9 heteroatoms. The molecule has 0 fully saturated rings. The molecule has 0 saturated carbocycles. The summed E-state index contributed by atoms with van der Waals surface area (Å²) in [4.78, 5) is 16.3. The van der Waals surface area contributed by atoms with Gasteiger partial charge in [0.05, 0.1) is 7.11 Å². The van der Waals surface area contributed by atoms with E-state index in [9.17, 15) is 0 Å². The molecule has 0 saturated heterocycles. The molecule has 0 aliphatic rings. The fraction of sp³-hybridized carbons (Fsp3) is 0.429. The van der Waals surface area contributed by atoms with Crippen molar-refractivity contribution in [2.45, 2.75) is 16.6 Å². The summed E-state index contributed by atoms with van der Waals surface area (Å²) >= 11 is 2.98. The van der Waals surface area contributed by atoms with E-state index in [0.717, 1.165) is 16.0 Å². The van der Waals surface area contributed by atoms with Crippen LogP contribution in [-0.2, 0) is 9.47 Å². The lowest BCUT2D eigenvalue weighted by atomic mass is 10.4. The molecule has 0 aliphatic carbocycles. The van der Waals surface area contributed by atoms with Crippen LogP contribution < -0.4 is 4.74 Å². The maximum atomic E-state index is 5.06. The minimum Gasteiger partial charge on any atom is -0.481 e. The molecule has 126 valence electrons. The highest BCUT2D eigenvalue weighted by molar-refractivity contribution is 7.98. The van der Waals surface area contributed by atoms with Crippen molar-refractivity contribution < 1.29 is 14.2 Å². The Bertz CT molecular complexity index is 566. The number of thioether (sulfide) groups is 2. The first-order valence-electron chi connectivity index (χ1n) is 6.52. The summed E-state index contributed by atoms with van der Waals surface area (Å²) in [5.74, 6) is 0.611. The second-order valence-corrected chi connectivity index (χ2v) is 5.40. The smallest absolute Gasteiger partial charge is 0.216 e. The van der Waals surface area contributed by atoms with Crippen LogP contribution in [0, 0.1) is 0 Å². The second-order valence-electron chi connectivity index (χ2n) is 3.86. The zero-order valence-corrected chi connectivity index (χ0v) is 15.3. The molecule has 0 aromatic carbocycles. The van der Waals surface area contributed by atoms with Crippen molar-refractivity contribution in [2.24, 2.45) is 0 Å².